The summed E-state index contributed by atoms with van der Waals surface area (Å²) in [5, 5.41) is 5.68. The van der Waals surface area contributed by atoms with Crippen LogP contribution in [0.2, 0.25) is 0 Å². The van der Waals surface area contributed by atoms with Crippen molar-refractivity contribution in [1.29, 1.82) is 0 Å². The van der Waals surface area contributed by atoms with Crippen molar-refractivity contribution in [2.45, 2.75) is 6.92 Å². The molecular weight excluding hydrogens is 456 g/mol. The molecule has 0 aliphatic carbocycles. The van der Waals surface area contributed by atoms with Crippen molar-refractivity contribution in [2.75, 3.05) is 61.5 Å². The van der Waals surface area contributed by atoms with Gasteiger partial charge in [0.05, 0.1) is 12.3 Å². The minimum atomic E-state index is -0.494. The van der Waals surface area contributed by atoms with Crippen molar-refractivity contribution >= 4 is 29.1 Å². The molecule has 8 heteroatoms. The van der Waals surface area contributed by atoms with E-state index in [9.17, 15) is 9.59 Å². The third kappa shape index (κ3) is 6.99. The quantitative estimate of drug-likeness (QED) is 0.454. The van der Waals surface area contributed by atoms with Crippen molar-refractivity contribution in [3.8, 4) is 5.75 Å². The monoisotopic (exact) mass is 488 g/mol. The Morgan fingerprint density at radius 1 is 0.861 bits per heavy atom. The number of nitrogens with zero attached hydrogens (tertiary/aromatic N) is 2. The summed E-state index contributed by atoms with van der Waals surface area (Å²) in [6.07, 6.45) is -0.494. The molecule has 0 bridgehead atoms. The number of carbonyl (C=O) groups excluding carboxylic acids is 2. The Labute approximate surface area is 211 Å². The molecule has 8 nitrogen and oxygen atoms in total. The fraction of sp³-hybridized carbons (Fsp3) is 0.286. The van der Waals surface area contributed by atoms with Gasteiger partial charge in [0.1, 0.15) is 12.4 Å². The molecule has 1 saturated heterocycles. The van der Waals surface area contributed by atoms with E-state index in [1.54, 1.807) is 6.07 Å². The zero-order valence-electron chi connectivity index (χ0n) is 20.5. The van der Waals surface area contributed by atoms with Gasteiger partial charge in [-0.15, -0.1) is 0 Å². The van der Waals surface area contributed by atoms with Gasteiger partial charge in [-0.2, -0.15) is 0 Å². The Hall–Kier alpha value is -4.04. The number of anilines is 3. The number of ether oxygens (including phenoxy) is 2. The molecule has 1 aliphatic rings. The standard InChI is InChI=1S/C28H32N4O4/c1-2-35-26-14-7-6-13-25(26)30-28(34)36-20-19-31-15-17-32(18-16-31)24-12-8-9-22(21-24)27(33)29-23-10-4-3-5-11-23/h3-14,21H,2,15-20H2,1H3,(H,29,33)(H,30,34). The molecule has 2 N–H and O–H groups in total. The Bertz CT molecular complexity index is 1150. The molecule has 0 atom stereocenters. The van der Waals surface area contributed by atoms with Gasteiger partial charge in [-0.05, 0) is 49.4 Å². The summed E-state index contributed by atoms with van der Waals surface area (Å²) in [5.41, 5.74) is 3.02. The number of nitrogens with one attached hydrogen (secondary N) is 2. The molecule has 3 aromatic carbocycles. The van der Waals surface area contributed by atoms with Crippen LogP contribution in [-0.4, -0.2) is 62.8 Å². The predicted molar refractivity (Wildman–Crippen MR) is 142 cm³/mol. The van der Waals surface area contributed by atoms with Crippen molar-refractivity contribution in [3.63, 3.8) is 0 Å². The lowest BCUT2D eigenvalue weighted by Gasteiger charge is -2.36. The van der Waals surface area contributed by atoms with E-state index in [1.807, 2.05) is 79.7 Å². The van der Waals surface area contributed by atoms with Crippen LogP contribution in [-0.2, 0) is 4.74 Å². The van der Waals surface area contributed by atoms with Gasteiger partial charge in [0, 0.05) is 49.7 Å². The summed E-state index contributed by atoms with van der Waals surface area (Å²) in [5.74, 6) is 0.496. The van der Waals surface area contributed by atoms with E-state index >= 15 is 0 Å². The summed E-state index contributed by atoms with van der Waals surface area (Å²) in [6.45, 7) is 6.73. The largest absolute Gasteiger partial charge is 0.492 e. The van der Waals surface area contributed by atoms with Crippen LogP contribution in [0.4, 0.5) is 21.9 Å². The highest BCUT2D eigenvalue weighted by molar-refractivity contribution is 6.04. The second-order valence-electron chi connectivity index (χ2n) is 8.39. The van der Waals surface area contributed by atoms with Crippen LogP contribution in [0.3, 0.4) is 0 Å². The number of hydrogen-bond donors (Lipinski definition) is 2. The fourth-order valence-electron chi connectivity index (χ4n) is 4.06. The third-order valence-electron chi connectivity index (χ3n) is 5.94. The molecule has 188 valence electrons. The Morgan fingerprint density at radius 2 is 1.61 bits per heavy atom. The van der Waals surface area contributed by atoms with Crippen LogP contribution >= 0.6 is 0 Å². The van der Waals surface area contributed by atoms with Gasteiger partial charge in [-0.3, -0.25) is 15.0 Å². The Kier molecular flexibility index (Phi) is 8.77. The molecule has 2 amide bonds. The molecule has 3 aromatic rings. The average molecular weight is 489 g/mol. The number of amides is 2. The van der Waals surface area contributed by atoms with E-state index in [4.69, 9.17) is 9.47 Å². The smallest absolute Gasteiger partial charge is 0.411 e. The summed E-state index contributed by atoms with van der Waals surface area (Å²) < 4.78 is 10.9. The van der Waals surface area contributed by atoms with Crippen LogP contribution in [0.25, 0.3) is 0 Å². The summed E-state index contributed by atoms with van der Waals surface area (Å²) in [7, 11) is 0. The van der Waals surface area contributed by atoms with Gasteiger partial charge in [-0.25, -0.2) is 4.79 Å². The molecule has 0 aromatic heterocycles. The maximum atomic E-state index is 12.6. The molecule has 0 unspecified atom stereocenters. The lowest BCUT2D eigenvalue weighted by atomic mass is 10.1. The van der Waals surface area contributed by atoms with Crippen molar-refractivity contribution < 1.29 is 19.1 Å². The maximum Gasteiger partial charge on any atom is 0.411 e. The lowest BCUT2D eigenvalue weighted by molar-refractivity contribution is 0.102. The van der Waals surface area contributed by atoms with E-state index in [0.29, 0.717) is 36.8 Å². The number of carbonyl (C=O) groups is 2. The van der Waals surface area contributed by atoms with Gasteiger partial charge in [0.15, 0.2) is 0 Å². The van der Waals surface area contributed by atoms with Crippen LogP contribution in [0.1, 0.15) is 17.3 Å². The Morgan fingerprint density at radius 3 is 2.39 bits per heavy atom. The molecule has 0 radical (unpaired) electrons. The zero-order valence-corrected chi connectivity index (χ0v) is 20.5. The van der Waals surface area contributed by atoms with Crippen LogP contribution in [0.15, 0.2) is 78.9 Å². The SMILES string of the molecule is CCOc1ccccc1NC(=O)OCCN1CCN(c2cccc(C(=O)Nc3ccccc3)c2)CC1. The highest BCUT2D eigenvalue weighted by Gasteiger charge is 2.19. The van der Waals surface area contributed by atoms with Crippen LogP contribution < -0.4 is 20.3 Å². The molecule has 0 saturated carbocycles. The van der Waals surface area contributed by atoms with Crippen molar-refractivity contribution in [3.05, 3.63) is 84.4 Å². The minimum Gasteiger partial charge on any atom is -0.492 e. The van der Waals surface area contributed by atoms with E-state index in [1.165, 1.54) is 0 Å². The second-order valence-corrected chi connectivity index (χ2v) is 8.39. The summed E-state index contributed by atoms with van der Waals surface area (Å²) >= 11 is 0. The first-order chi connectivity index (χ1) is 17.6. The normalized spacial score (nSPS) is 13.6. The van der Waals surface area contributed by atoms with Crippen molar-refractivity contribution in [2.24, 2.45) is 0 Å². The molecule has 4 rings (SSSR count). The first-order valence-corrected chi connectivity index (χ1v) is 12.2. The first-order valence-electron chi connectivity index (χ1n) is 12.2. The molecule has 0 spiro atoms. The average Bonchev–Trinajstić information content (AvgIpc) is 2.91. The zero-order chi connectivity index (χ0) is 25.2. The number of benzene rings is 3. The second kappa shape index (κ2) is 12.6. The fourth-order valence-corrected chi connectivity index (χ4v) is 4.06. The van der Waals surface area contributed by atoms with Gasteiger partial charge in [-0.1, -0.05) is 36.4 Å². The van der Waals surface area contributed by atoms with Gasteiger partial charge in [0.25, 0.3) is 5.91 Å². The number of piperazine rings is 1. The number of rotatable bonds is 9. The lowest BCUT2D eigenvalue weighted by Crippen LogP contribution is -2.47. The van der Waals surface area contributed by atoms with Gasteiger partial charge < -0.3 is 19.7 Å². The number of para-hydroxylation sites is 3. The highest BCUT2D eigenvalue weighted by Crippen LogP contribution is 2.24. The van der Waals surface area contributed by atoms with Crippen LogP contribution in [0.5, 0.6) is 5.75 Å². The summed E-state index contributed by atoms with van der Waals surface area (Å²) in [6, 6.07) is 24.4. The summed E-state index contributed by atoms with van der Waals surface area (Å²) in [4.78, 5) is 29.4. The molecular formula is C28H32N4O4. The third-order valence-corrected chi connectivity index (χ3v) is 5.94. The number of hydrogen-bond acceptors (Lipinski definition) is 6. The molecule has 1 aliphatic heterocycles. The van der Waals surface area contributed by atoms with E-state index in [2.05, 4.69) is 20.4 Å². The molecule has 1 fully saturated rings. The van der Waals surface area contributed by atoms with E-state index in [0.717, 1.165) is 37.6 Å². The van der Waals surface area contributed by atoms with Crippen molar-refractivity contribution in [1.82, 2.24) is 4.90 Å². The van der Waals surface area contributed by atoms with Gasteiger partial charge in [0.2, 0.25) is 0 Å². The van der Waals surface area contributed by atoms with E-state index in [-0.39, 0.29) is 5.91 Å². The van der Waals surface area contributed by atoms with Gasteiger partial charge >= 0.3 is 6.09 Å². The maximum absolute atomic E-state index is 12.6. The highest BCUT2D eigenvalue weighted by atomic mass is 16.5. The van der Waals surface area contributed by atoms with Crippen LogP contribution in [0, 0.1) is 0 Å². The topological polar surface area (TPSA) is 83.1 Å². The molecule has 1 heterocycles. The Balaban J connectivity index is 1.21. The first kappa shape index (κ1) is 25.1. The van der Waals surface area contributed by atoms with E-state index < -0.39 is 6.09 Å². The molecule has 36 heavy (non-hydrogen) atoms. The minimum absolute atomic E-state index is 0.124. The predicted octanol–water partition coefficient (Wildman–Crippen LogP) is 4.71.